The molecule has 0 aromatic carbocycles. The van der Waals surface area contributed by atoms with Crippen LogP contribution < -0.4 is 0 Å². The number of hydrogen-bond acceptors (Lipinski definition) is 2. The van der Waals surface area contributed by atoms with Gasteiger partial charge in [-0.25, -0.2) is 0 Å². The lowest BCUT2D eigenvalue weighted by molar-refractivity contribution is -0.0399. The van der Waals surface area contributed by atoms with Crippen LogP contribution in [0, 0.1) is 5.92 Å². The molecule has 0 saturated heterocycles. The van der Waals surface area contributed by atoms with E-state index >= 15 is 0 Å². The summed E-state index contributed by atoms with van der Waals surface area (Å²) in [5.41, 5.74) is -0.436. The Morgan fingerprint density at radius 3 is 2.75 bits per heavy atom. The summed E-state index contributed by atoms with van der Waals surface area (Å²) in [6.45, 7) is 4.39. The van der Waals surface area contributed by atoms with Crippen molar-refractivity contribution >= 4 is 11.3 Å². The second kappa shape index (κ2) is 4.89. The van der Waals surface area contributed by atoms with Gasteiger partial charge in [-0.2, -0.15) is 0 Å². The van der Waals surface area contributed by atoms with Gasteiger partial charge < -0.3 is 5.11 Å². The van der Waals surface area contributed by atoms with Crippen LogP contribution in [-0.2, 0) is 12.8 Å². The highest BCUT2D eigenvalue weighted by Gasteiger charge is 2.36. The summed E-state index contributed by atoms with van der Waals surface area (Å²) in [5, 5.41) is 10.7. The van der Waals surface area contributed by atoms with Gasteiger partial charge in [0.15, 0.2) is 0 Å². The SMILES string of the molecule is CCc1ccc(CC2(O)CCCCC2C)s1. The highest BCUT2D eigenvalue weighted by atomic mass is 32.1. The third-order valence-electron chi connectivity index (χ3n) is 3.96. The van der Waals surface area contributed by atoms with E-state index in [-0.39, 0.29) is 0 Å². The van der Waals surface area contributed by atoms with Crippen molar-refractivity contribution in [2.75, 3.05) is 0 Å². The van der Waals surface area contributed by atoms with Gasteiger partial charge in [0, 0.05) is 16.2 Å². The standard InChI is InChI=1S/C14H22OS/c1-3-12-7-8-13(16-12)10-14(15)9-5-4-6-11(14)2/h7-8,11,15H,3-6,9-10H2,1-2H3. The topological polar surface area (TPSA) is 20.2 Å². The molecule has 2 rings (SSSR count). The molecule has 0 spiro atoms. The molecule has 0 radical (unpaired) electrons. The number of aliphatic hydroxyl groups is 1. The first-order valence-corrected chi connectivity index (χ1v) is 7.25. The summed E-state index contributed by atoms with van der Waals surface area (Å²) in [4.78, 5) is 2.79. The third-order valence-corrected chi connectivity index (χ3v) is 5.19. The molecular formula is C14H22OS. The summed E-state index contributed by atoms with van der Waals surface area (Å²) in [6.07, 6.45) is 6.61. The Labute approximate surface area is 103 Å². The quantitative estimate of drug-likeness (QED) is 0.849. The van der Waals surface area contributed by atoms with E-state index in [0.29, 0.717) is 5.92 Å². The Hall–Kier alpha value is -0.340. The first kappa shape index (κ1) is 12.1. The molecule has 1 heterocycles. The van der Waals surface area contributed by atoms with Crippen molar-refractivity contribution in [2.24, 2.45) is 5.92 Å². The molecular weight excluding hydrogens is 216 g/mol. The first-order valence-electron chi connectivity index (χ1n) is 6.44. The molecule has 1 aromatic rings. The summed E-state index contributed by atoms with van der Waals surface area (Å²) in [7, 11) is 0. The fourth-order valence-corrected chi connectivity index (χ4v) is 3.74. The molecule has 0 bridgehead atoms. The molecule has 1 nitrogen and oxygen atoms in total. The van der Waals surface area contributed by atoms with E-state index in [4.69, 9.17) is 0 Å². The van der Waals surface area contributed by atoms with Gasteiger partial charge in [-0.05, 0) is 37.3 Å². The van der Waals surface area contributed by atoms with E-state index in [0.717, 1.165) is 19.3 Å². The maximum Gasteiger partial charge on any atom is 0.0721 e. The monoisotopic (exact) mass is 238 g/mol. The normalized spacial score (nSPS) is 30.6. The first-order chi connectivity index (χ1) is 7.64. The number of hydrogen-bond donors (Lipinski definition) is 1. The second-order valence-corrected chi connectivity index (χ2v) is 6.40. The molecule has 1 fully saturated rings. The fraction of sp³-hybridized carbons (Fsp3) is 0.714. The lowest BCUT2D eigenvalue weighted by atomic mass is 9.74. The fourth-order valence-electron chi connectivity index (χ4n) is 2.67. The number of thiophene rings is 1. The van der Waals surface area contributed by atoms with E-state index < -0.39 is 5.60 Å². The average Bonchev–Trinajstić information content (AvgIpc) is 2.70. The van der Waals surface area contributed by atoms with Crippen molar-refractivity contribution in [3.63, 3.8) is 0 Å². The molecule has 1 aliphatic rings. The van der Waals surface area contributed by atoms with E-state index in [1.807, 2.05) is 11.3 Å². The van der Waals surface area contributed by atoms with Gasteiger partial charge in [-0.15, -0.1) is 11.3 Å². The molecule has 1 N–H and O–H groups in total. The smallest absolute Gasteiger partial charge is 0.0721 e. The highest BCUT2D eigenvalue weighted by molar-refractivity contribution is 7.12. The lowest BCUT2D eigenvalue weighted by Crippen LogP contribution is -2.41. The van der Waals surface area contributed by atoms with Crippen molar-refractivity contribution in [1.82, 2.24) is 0 Å². The third kappa shape index (κ3) is 2.49. The molecule has 2 atom stereocenters. The molecule has 0 aliphatic heterocycles. The van der Waals surface area contributed by atoms with Gasteiger partial charge in [0.25, 0.3) is 0 Å². The highest BCUT2D eigenvalue weighted by Crippen LogP contribution is 2.37. The zero-order valence-corrected chi connectivity index (χ0v) is 11.1. The maximum absolute atomic E-state index is 10.7. The Morgan fingerprint density at radius 2 is 2.12 bits per heavy atom. The predicted octanol–water partition coefficient (Wildman–Crippen LogP) is 3.79. The van der Waals surface area contributed by atoms with Crippen molar-refractivity contribution < 1.29 is 5.11 Å². The van der Waals surface area contributed by atoms with E-state index in [1.54, 1.807) is 0 Å². The number of rotatable bonds is 3. The van der Waals surface area contributed by atoms with Crippen molar-refractivity contribution in [3.8, 4) is 0 Å². The van der Waals surface area contributed by atoms with Crippen molar-refractivity contribution in [2.45, 2.75) is 58.0 Å². The van der Waals surface area contributed by atoms with Gasteiger partial charge in [-0.1, -0.05) is 26.7 Å². The predicted molar refractivity (Wildman–Crippen MR) is 70.0 cm³/mol. The van der Waals surface area contributed by atoms with E-state index in [9.17, 15) is 5.11 Å². The van der Waals surface area contributed by atoms with E-state index in [1.165, 1.54) is 29.0 Å². The van der Waals surface area contributed by atoms with Crippen LogP contribution in [0.3, 0.4) is 0 Å². The molecule has 0 amide bonds. The summed E-state index contributed by atoms with van der Waals surface area (Å²) in [6, 6.07) is 4.40. The Bertz CT molecular complexity index is 344. The maximum atomic E-state index is 10.7. The van der Waals surface area contributed by atoms with Crippen LogP contribution in [-0.4, -0.2) is 10.7 Å². The summed E-state index contributed by atoms with van der Waals surface area (Å²) < 4.78 is 0. The zero-order valence-electron chi connectivity index (χ0n) is 10.3. The van der Waals surface area contributed by atoms with Gasteiger partial charge in [0.05, 0.1) is 5.60 Å². The van der Waals surface area contributed by atoms with Crippen molar-refractivity contribution in [1.29, 1.82) is 0 Å². The zero-order chi connectivity index (χ0) is 11.6. The minimum absolute atomic E-state index is 0.436. The van der Waals surface area contributed by atoms with Gasteiger partial charge in [-0.3, -0.25) is 0 Å². The largest absolute Gasteiger partial charge is 0.389 e. The minimum Gasteiger partial charge on any atom is -0.389 e. The van der Waals surface area contributed by atoms with Crippen LogP contribution in [0.2, 0.25) is 0 Å². The lowest BCUT2D eigenvalue weighted by Gasteiger charge is -2.38. The van der Waals surface area contributed by atoms with Gasteiger partial charge in [0.2, 0.25) is 0 Å². The van der Waals surface area contributed by atoms with Crippen LogP contribution in [0.5, 0.6) is 0 Å². The van der Waals surface area contributed by atoms with Crippen LogP contribution in [0.15, 0.2) is 12.1 Å². The summed E-state index contributed by atoms with van der Waals surface area (Å²) in [5.74, 6) is 0.452. The van der Waals surface area contributed by atoms with Crippen LogP contribution >= 0.6 is 11.3 Å². The van der Waals surface area contributed by atoms with E-state index in [2.05, 4.69) is 26.0 Å². The minimum atomic E-state index is -0.436. The molecule has 1 aromatic heterocycles. The Morgan fingerprint density at radius 1 is 1.38 bits per heavy atom. The van der Waals surface area contributed by atoms with Gasteiger partial charge >= 0.3 is 0 Å². The van der Waals surface area contributed by atoms with Crippen molar-refractivity contribution in [3.05, 3.63) is 21.9 Å². The Balaban J connectivity index is 2.06. The van der Waals surface area contributed by atoms with Gasteiger partial charge in [0.1, 0.15) is 0 Å². The number of aryl methyl sites for hydroxylation is 1. The average molecular weight is 238 g/mol. The summed E-state index contributed by atoms with van der Waals surface area (Å²) >= 11 is 1.87. The molecule has 2 heteroatoms. The Kier molecular flexibility index (Phi) is 3.70. The molecule has 1 saturated carbocycles. The molecule has 2 unspecified atom stereocenters. The van der Waals surface area contributed by atoms with Crippen LogP contribution in [0.4, 0.5) is 0 Å². The van der Waals surface area contributed by atoms with Crippen LogP contribution in [0.1, 0.15) is 49.3 Å². The molecule has 90 valence electrons. The second-order valence-electron chi connectivity index (χ2n) is 5.15. The molecule has 16 heavy (non-hydrogen) atoms. The van der Waals surface area contributed by atoms with Crippen LogP contribution in [0.25, 0.3) is 0 Å². The molecule has 1 aliphatic carbocycles.